The Hall–Kier alpha value is -1.85. The summed E-state index contributed by atoms with van der Waals surface area (Å²) in [5.41, 5.74) is -0.00782. The van der Waals surface area contributed by atoms with Crippen molar-refractivity contribution in [2.45, 2.75) is 20.4 Å². The maximum atomic E-state index is 12.5. The maximum absolute atomic E-state index is 12.5. The summed E-state index contributed by atoms with van der Waals surface area (Å²) in [6.07, 6.45) is 0. The van der Waals surface area contributed by atoms with Crippen molar-refractivity contribution in [3.05, 3.63) is 56.4 Å². The van der Waals surface area contributed by atoms with Gasteiger partial charge in [-0.3, -0.25) is 9.36 Å². The SMILES string of the molecule is Cc1cc2c(=O)n(CCOc3ccc(Cl)cc3)c(C)nc2s1. The largest absolute Gasteiger partial charge is 0.492 e. The highest BCUT2D eigenvalue weighted by atomic mass is 35.5. The van der Waals surface area contributed by atoms with Crippen molar-refractivity contribution >= 4 is 33.2 Å². The van der Waals surface area contributed by atoms with Crippen molar-refractivity contribution in [2.24, 2.45) is 0 Å². The molecule has 0 amide bonds. The number of aryl methyl sites for hydroxylation is 2. The molecular formula is C16H15ClN2O2S. The Bertz CT molecular complexity index is 868. The van der Waals surface area contributed by atoms with Crippen LogP contribution in [0.4, 0.5) is 0 Å². The Morgan fingerprint density at radius 2 is 2.00 bits per heavy atom. The fourth-order valence-corrected chi connectivity index (χ4v) is 3.33. The molecule has 0 N–H and O–H groups in total. The first kappa shape index (κ1) is 15.1. The van der Waals surface area contributed by atoms with Crippen LogP contribution < -0.4 is 10.3 Å². The standard InChI is InChI=1S/C16H15ClN2O2S/c1-10-9-14-15(22-10)18-11(2)19(16(14)20)7-8-21-13-5-3-12(17)4-6-13/h3-6,9H,7-8H2,1-2H3. The molecule has 0 spiro atoms. The molecule has 2 heterocycles. The van der Waals surface area contributed by atoms with Crippen molar-refractivity contribution in [2.75, 3.05) is 6.61 Å². The molecule has 0 bridgehead atoms. The van der Waals surface area contributed by atoms with E-state index in [9.17, 15) is 4.79 Å². The number of aromatic nitrogens is 2. The molecule has 0 aliphatic carbocycles. The summed E-state index contributed by atoms with van der Waals surface area (Å²) in [6.45, 7) is 4.69. The van der Waals surface area contributed by atoms with Crippen LogP contribution in [-0.2, 0) is 6.54 Å². The number of hydrogen-bond acceptors (Lipinski definition) is 4. The molecule has 22 heavy (non-hydrogen) atoms. The molecule has 0 aliphatic rings. The Kier molecular flexibility index (Phi) is 4.18. The van der Waals surface area contributed by atoms with E-state index in [2.05, 4.69) is 4.98 Å². The van der Waals surface area contributed by atoms with E-state index in [1.807, 2.05) is 32.0 Å². The van der Waals surface area contributed by atoms with Crippen molar-refractivity contribution in [1.29, 1.82) is 0 Å². The monoisotopic (exact) mass is 334 g/mol. The number of fused-ring (bicyclic) bond motifs is 1. The molecule has 1 aromatic carbocycles. The molecule has 6 heteroatoms. The third-order valence-electron chi connectivity index (χ3n) is 3.36. The van der Waals surface area contributed by atoms with Crippen LogP contribution >= 0.6 is 22.9 Å². The molecule has 0 atom stereocenters. The van der Waals surface area contributed by atoms with Crippen LogP contribution in [0.15, 0.2) is 35.1 Å². The smallest absolute Gasteiger partial charge is 0.262 e. The van der Waals surface area contributed by atoms with E-state index in [4.69, 9.17) is 16.3 Å². The van der Waals surface area contributed by atoms with Gasteiger partial charge in [0.15, 0.2) is 0 Å². The second-order valence-corrected chi connectivity index (χ2v) is 6.67. The van der Waals surface area contributed by atoms with Gasteiger partial charge in [0.25, 0.3) is 5.56 Å². The van der Waals surface area contributed by atoms with Crippen LogP contribution in [0.25, 0.3) is 10.2 Å². The molecule has 0 aliphatic heterocycles. The highest BCUT2D eigenvalue weighted by molar-refractivity contribution is 7.18. The van der Waals surface area contributed by atoms with Gasteiger partial charge in [-0.25, -0.2) is 4.98 Å². The summed E-state index contributed by atoms with van der Waals surface area (Å²) in [6, 6.07) is 9.06. The topological polar surface area (TPSA) is 44.1 Å². The second kappa shape index (κ2) is 6.10. The first-order valence-corrected chi connectivity index (χ1v) is 8.10. The van der Waals surface area contributed by atoms with Gasteiger partial charge in [-0.1, -0.05) is 11.6 Å². The van der Waals surface area contributed by atoms with Gasteiger partial charge in [-0.05, 0) is 44.2 Å². The molecule has 4 nitrogen and oxygen atoms in total. The van der Waals surface area contributed by atoms with E-state index in [1.165, 1.54) is 0 Å². The molecular weight excluding hydrogens is 320 g/mol. The quantitative estimate of drug-likeness (QED) is 0.728. The lowest BCUT2D eigenvalue weighted by atomic mass is 10.3. The van der Waals surface area contributed by atoms with Crippen molar-refractivity contribution in [3.8, 4) is 5.75 Å². The molecule has 0 saturated carbocycles. The zero-order valence-corrected chi connectivity index (χ0v) is 13.9. The zero-order valence-electron chi connectivity index (χ0n) is 12.3. The predicted octanol–water partition coefficient (Wildman–Crippen LogP) is 3.81. The molecule has 114 valence electrons. The Labute approximate surface area is 136 Å². The van der Waals surface area contributed by atoms with Crippen molar-refractivity contribution < 1.29 is 4.74 Å². The summed E-state index contributed by atoms with van der Waals surface area (Å²) >= 11 is 7.38. The molecule has 2 aromatic heterocycles. The van der Waals surface area contributed by atoms with Crippen LogP contribution in [-0.4, -0.2) is 16.2 Å². The van der Waals surface area contributed by atoms with Gasteiger partial charge in [0.05, 0.1) is 11.9 Å². The minimum atomic E-state index is -0.00782. The van der Waals surface area contributed by atoms with Crippen LogP contribution in [0.3, 0.4) is 0 Å². The minimum absolute atomic E-state index is 0.00782. The fraction of sp³-hybridized carbons (Fsp3) is 0.250. The number of hydrogen-bond donors (Lipinski definition) is 0. The first-order chi connectivity index (χ1) is 10.5. The second-order valence-electron chi connectivity index (χ2n) is 4.99. The van der Waals surface area contributed by atoms with Gasteiger partial charge in [-0.2, -0.15) is 0 Å². The van der Waals surface area contributed by atoms with Gasteiger partial charge < -0.3 is 4.74 Å². The third kappa shape index (κ3) is 3.00. The summed E-state index contributed by atoms with van der Waals surface area (Å²) in [7, 11) is 0. The lowest BCUT2D eigenvalue weighted by molar-refractivity contribution is 0.294. The van der Waals surface area contributed by atoms with E-state index in [0.29, 0.717) is 29.4 Å². The summed E-state index contributed by atoms with van der Waals surface area (Å²) < 4.78 is 7.31. The molecule has 3 aromatic rings. The van der Waals surface area contributed by atoms with Gasteiger partial charge >= 0.3 is 0 Å². The zero-order chi connectivity index (χ0) is 15.7. The average molecular weight is 335 g/mol. The van der Waals surface area contributed by atoms with Crippen molar-refractivity contribution in [3.63, 3.8) is 0 Å². The lowest BCUT2D eigenvalue weighted by Crippen LogP contribution is -2.26. The molecule has 0 fully saturated rings. The molecule has 0 unspecified atom stereocenters. The summed E-state index contributed by atoms with van der Waals surface area (Å²) in [5.74, 6) is 1.44. The van der Waals surface area contributed by atoms with E-state index in [0.717, 1.165) is 15.5 Å². The highest BCUT2D eigenvalue weighted by Crippen LogP contribution is 2.20. The van der Waals surface area contributed by atoms with Crippen molar-refractivity contribution in [1.82, 2.24) is 9.55 Å². The molecule has 0 radical (unpaired) electrons. The van der Waals surface area contributed by atoms with Crippen LogP contribution in [0, 0.1) is 13.8 Å². The number of benzene rings is 1. The first-order valence-electron chi connectivity index (χ1n) is 6.90. The lowest BCUT2D eigenvalue weighted by Gasteiger charge is -2.10. The number of ether oxygens (including phenoxy) is 1. The minimum Gasteiger partial charge on any atom is -0.492 e. The third-order valence-corrected chi connectivity index (χ3v) is 4.56. The van der Waals surface area contributed by atoms with Gasteiger partial charge in [0.2, 0.25) is 0 Å². The van der Waals surface area contributed by atoms with E-state index in [1.54, 1.807) is 28.0 Å². The normalized spacial score (nSPS) is 11.0. The van der Waals surface area contributed by atoms with Crippen LogP contribution in [0.5, 0.6) is 5.75 Å². The summed E-state index contributed by atoms with van der Waals surface area (Å²) in [5, 5.41) is 1.35. The van der Waals surface area contributed by atoms with E-state index in [-0.39, 0.29) is 5.56 Å². The van der Waals surface area contributed by atoms with Crippen LogP contribution in [0.1, 0.15) is 10.7 Å². The van der Waals surface area contributed by atoms with Gasteiger partial charge in [0.1, 0.15) is 23.0 Å². The number of nitrogens with zero attached hydrogens (tertiary/aromatic N) is 2. The molecule has 3 rings (SSSR count). The number of thiophene rings is 1. The predicted molar refractivity (Wildman–Crippen MR) is 90.3 cm³/mol. The molecule has 0 saturated heterocycles. The fourth-order valence-electron chi connectivity index (χ4n) is 2.29. The van der Waals surface area contributed by atoms with Gasteiger partial charge in [-0.15, -0.1) is 11.3 Å². The van der Waals surface area contributed by atoms with E-state index < -0.39 is 0 Å². The highest BCUT2D eigenvalue weighted by Gasteiger charge is 2.10. The Morgan fingerprint density at radius 3 is 2.73 bits per heavy atom. The average Bonchev–Trinajstić information content (AvgIpc) is 2.85. The van der Waals surface area contributed by atoms with E-state index >= 15 is 0 Å². The van der Waals surface area contributed by atoms with Gasteiger partial charge in [0, 0.05) is 9.90 Å². The van der Waals surface area contributed by atoms with Crippen LogP contribution in [0.2, 0.25) is 5.02 Å². The maximum Gasteiger partial charge on any atom is 0.262 e. The Morgan fingerprint density at radius 1 is 1.27 bits per heavy atom. The Balaban J connectivity index is 1.79. The summed E-state index contributed by atoms with van der Waals surface area (Å²) in [4.78, 5) is 18.9. The number of halogens is 1. The number of rotatable bonds is 4.